The molecule has 3 unspecified atom stereocenters. The van der Waals surface area contributed by atoms with Gasteiger partial charge in [-0.25, -0.2) is 0 Å². The lowest BCUT2D eigenvalue weighted by molar-refractivity contribution is 0.137. The molecule has 1 N–H and O–H groups in total. The first-order valence-electron chi connectivity index (χ1n) is 5.71. The van der Waals surface area contributed by atoms with Gasteiger partial charge >= 0.3 is 0 Å². The highest BCUT2D eigenvalue weighted by Gasteiger charge is 2.56. The van der Waals surface area contributed by atoms with Gasteiger partial charge in [0.25, 0.3) is 0 Å². The van der Waals surface area contributed by atoms with E-state index >= 15 is 0 Å². The molecule has 3 atom stereocenters. The van der Waals surface area contributed by atoms with Crippen LogP contribution in [-0.2, 0) is 0 Å². The van der Waals surface area contributed by atoms with E-state index in [4.69, 9.17) is 11.6 Å². The number of aliphatic hydroxyl groups excluding tert-OH is 1. The third-order valence-electron chi connectivity index (χ3n) is 4.06. The Morgan fingerprint density at radius 2 is 1.87 bits per heavy atom. The molecule has 0 saturated heterocycles. The Bertz CT molecular complexity index is 367. The third kappa shape index (κ3) is 1.49. The SMILES string of the molecule is OC(c1ccccc1Cl)C1C2CCCC21. The topological polar surface area (TPSA) is 20.2 Å². The van der Waals surface area contributed by atoms with Crippen molar-refractivity contribution in [3.63, 3.8) is 0 Å². The zero-order chi connectivity index (χ0) is 10.4. The summed E-state index contributed by atoms with van der Waals surface area (Å²) in [5.74, 6) is 2.03. The van der Waals surface area contributed by atoms with Crippen LogP contribution < -0.4 is 0 Å². The summed E-state index contributed by atoms with van der Waals surface area (Å²) in [6.07, 6.45) is 3.61. The highest BCUT2D eigenvalue weighted by molar-refractivity contribution is 6.31. The van der Waals surface area contributed by atoms with Gasteiger partial charge in [-0.1, -0.05) is 36.2 Å². The van der Waals surface area contributed by atoms with Crippen LogP contribution in [0.3, 0.4) is 0 Å². The van der Waals surface area contributed by atoms with Gasteiger partial charge in [-0.15, -0.1) is 0 Å². The first-order valence-corrected chi connectivity index (χ1v) is 6.09. The monoisotopic (exact) mass is 222 g/mol. The van der Waals surface area contributed by atoms with Crippen LogP contribution >= 0.6 is 11.6 Å². The molecule has 1 nitrogen and oxygen atoms in total. The molecule has 2 saturated carbocycles. The van der Waals surface area contributed by atoms with Crippen LogP contribution in [0.15, 0.2) is 24.3 Å². The molecular formula is C13H15ClO. The standard InChI is InChI=1S/C13H15ClO/c14-11-7-2-1-4-10(11)13(15)12-8-5-3-6-9(8)12/h1-2,4,7-9,12-13,15H,3,5-6H2. The molecular weight excluding hydrogens is 208 g/mol. The van der Waals surface area contributed by atoms with Crippen LogP contribution in [-0.4, -0.2) is 5.11 Å². The van der Waals surface area contributed by atoms with Crippen molar-refractivity contribution >= 4 is 11.6 Å². The van der Waals surface area contributed by atoms with Crippen molar-refractivity contribution in [2.24, 2.45) is 17.8 Å². The van der Waals surface area contributed by atoms with E-state index in [9.17, 15) is 5.11 Å². The van der Waals surface area contributed by atoms with Gasteiger partial charge < -0.3 is 5.11 Å². The molecule has 3 rings (SSSR count). The quantitative estimate of drug-likeness (QED) is 0.813. The van der Waals surface area contributed by atoms with E-state index in [-0.39, 0.29) is 6.10 Å². The van der Waals surface area contributed by atoms with Crippen LogP contribution in [0.2, 0.25) is 5.02 Å². The summed E-state index contributed by atoms with van der Waals surface area (Å²) >= 11 is 6.09. The zero-order valence-corrected chi connectivity index (χ0v) is 9.32. The van der Waals surface area contributed by atoms with E-state index in [1.165, 1.54) is 19.3 Å². The predicted octanol–water partition coefficient (Wildman–Crippen LogP) is 3.42. The smallest absolute Gasteiger partial charge is 0.0838 e. The van der Waals surface area contributed by atoms with E-state index in [0.717, 1.165) is 17.4 Å². The fourth-order valence-electron chi connectivity index (χ4n) is 3.27. The first kappa shape index (κ1) is 9.68. The van der Waals surface area contributed by atoms with Crippen LogP contribution in [0.1, 0.15) is 30.9 Å². The number of hydrogen-bond donors (Lipinski definition) is 1. The van der Waals surface area contributed by atoms with Gasteiger partial charge in [0.2, 0.25) is 0 Å². The van der Waals surface area contributed by atoms with Crippen LogP contribution in [0.4, 0.5) is 0 Å². The van der Waals surface area contributed by atoms with E-state index in [2.05, 4.69) is 0 Å². The lowest BCUT2D eigenvalue weighted by atomic mass is 10.00. The minimum atomic E-state index is -0.339. The van der Waals surface area contributed by atoms with E-state index < -0.39 is 0 Å². The Morgan fingerprint density at radius 1 is 1.20 bits per heavy atom. The molecule has 2 aliphatic rings. The summed E-state index contributed by atoms with van der Waals surface area (Å²) in [6.45, 7) is 0. The number of rotatable bonds is 2. The van der Waals surface area contributed by atoms with Crippen molar-refractivity contribution in [2.45, 2.75) is 25.4 Å². The van der Waals surface area contributed by atoms with Crippen LogP contribution in [0.5, 0.6) is 0 Å². The molecule has 2 aliphatic carbocycles. The van der Waals surface area contributed by atoms with Gasteiger partial charge in [0, 0.05) is 5.02 Å². The normalized spacial score (nSPS) is 34.9. The maximum Gasteiger partial charge on any atom is 0.0838 e. The molecule has 0 spiro atoms. The Morgan fingerprint density at radius 3 is 2.53 bits per heavy atom. The number of halogens is 1. The van der Waals surface area contributed by atoms with Crippen molar-refractivity contribution in [1.29, 1.82) is 0 Å². The second kappa shape index (κ2) is 3.50. The summed E-state index contributed by atoms with van der Waals surface area (Å²) in [7, 11) is 0. The number of benzene rings is 1. The largest absolute Gasteiger partial charge is 0.388 e. The Kier molecular flexibility index (Phi) is 2.26. The lowest BCUT2D eigenvalue weighted by Gasteiger charge is -2.14. The van der Waals surface area contributed by atoms with E-state index in [1.54, 1.807) is 0 Å². The first-order chi connectivity index (χ1) is 7.29. The minimum absolute atomic E-state index is 0.339. The van der Waals surface area contributed by atoms with Crippen molar-refractivity contribution in [3.8, 4) is 0 Å². The summed E-state index contributed by atoms with van der Waals surface area (Å²) in [5.41, 5.74) is 0.915. The molecule has 0 heterocycles. The molecule has 1 aromatic rings. The van der Waals surface area contributed by atoms with Crippen molar-refractivity contribution in [1.82, 2.24) is 0 Å². The molecule has 15 heavy (non-hydrogen) atoms. The van der Waals surface area contributed by atoms with Gasteiger partial charge in [-0.2, -0.15) is 0 Å². The molecule has 0 amide bonds. The highest BCUT2D eigenvalue weighted by atomic mass is 35.5. The van der Waals surface area contributed by atoms with Crippen molar-refractivity contribution in [2.75, 3.05) is 0 Å². The molecule has 0 bridgehead atoms. The molecule has 2 fully saturated rings. The maximum absolute atomic E-state index is 10.3. The van der Waals surface area contributed by atoms with E-state index in [0.29, 0.717) is 10.9 Å². The van der Waals surface area contributed by atoms with Gasteiger partial charge in [0.1, 0.15) is 0 Å². The van der Waals surface area contributed by atoms with E-state index in [1.807, 2.05) is 24.3 Å². The summed E-state index contributed by atoms with van der Waals surface area (Å²) in [4.78, 5) is 0. The van der Waals surface area contributed by atoms with Crippen LogP contribution in [0.25, 0.3) is 0 Å². The molecule has 1 aromatic carbocycles. The summed E-state index contributed by atoms with van der Waals surface area (Å²) in [6, 6.07) is 7.66. The Hall–Kier alpha value is -0.530. The molecule has 0 radical (unpaired) electrons. The third-order valence-corrected chi connectivity index (χ3v) is 4.41. The van der Waals surface area contributed by atoms with Crippen molar-refractivity contribution in [3.05, 3.63) is 34.9 Å². The molecule has 0 aliphatic heterocycles. The fraction of sp³-hybridized carbons (Fsp3) is 0.538. The van der Waals surface area contributed by atoms with Crippen LogP contribution in [0, 0.1) is 17.8 Å². The number of fused-ring (bicyclic) bond motifs is 1. The summed E-state index contributed by atoms with van der Waals surface area (Å²) in [5, 5.41) is 11.0. The lowest BCUT2D eigenvalue weighted by Crippen LogP contribution is -2.04. The van der Waals surface area contributed by atoms with Gasteiger partial charge in [-0.3, -0.25) is 0 Å². The number of aliphatic hydroxyl groups is 1. The van der Waals surface area contributed by atoms with Crippen molar-refractivity contribution < 1.29 is 5.11 Å². The molecule has 80 valence electrons. The molecule has 0 aromatic heterocycles. The van der Waals surface area contributed by atoms with Gasteiger partial charge in [-0.05, 0) is 42.2 Å². The maximum atomic E-state index is 10.3. The van der Waals surface area contributed by atoms with Gasteiger partial charge in [0.15, 0.2) is 0 Å². The minimum Gasteiger partial charge on any atom is -0.388 e. The Balaban J connectivity index is 1.81. The highest BCUT2D eigenvalue weighted by Crippen LogP contribution is 2.62. The Labute approximate surface area is 95.1 Å². The van der Waals surface area contributed by atoms with Gasteiger partial charge in [0.05, 0.1) is 6.10 Å². The summed E-state index contributed by atoms with van der Waals surface area (Å²) < 4.78 is 0. The fourth-order valence-corrected chi connectivity index (χ4v) is 3.52. The number of hydrogen-bond acceptors (Lipinski definition) is 1. The second-order valence-corrected chi connectivity index (χ2v) is 5.21. The second-order valence-electron chi connectivity index (χ2n) is 4.80. The molecule has 2 heteroatoms. The average molecular weight is 223 g/mol. The zero-order valence-electron chi connectivity index (χ0n) is 8.57. The average Bonchev–Trinajstić information content (AvgIpc) is 2.72. The predicted molar refractivity (Wildman–Crippen MR) is 60.7 cm³/mol.